The second-order valence-corrected chi connectivity index (χ2v) is 5.91. The Labute approximate surface area is 150 Å². The lowest BCUT2D eigenvalue weighted by Gasteiger charge is -2.13. The topological polar surface area (TPSA) is 71.4 Å². The van der Waals surface area contributed by atoms with Gasteiger partial charge in [0.2, 0.25) is 6.79 Å². The van der Waals surface area contributed by atoms with E-state index in [9.17, 15) is 10.1 Å². The van der Waals surface area contributed by atoms with E-state index in [1.54, 1.807) is 12.1 Å². The van der Waals surface area contributed by atoms with E-state index in [0.717, 1.165) is 5.56 Å². The number of rotatable bonds is 4. The Kier molecular flexibility index (Phi) is 4.92. The molecule has 1 aliphatic heterocycles. The molecule has 1 aliphatic rings. The number of fused-ring (bicyclic) bond motifs is 1. The Balaban J connectivity index is 1.81. The number of carbonyl (C=O) groups excluding carboxylic acids is 1. The van der Waals surface area contributed by atoms with Crippen LogP contribution in [-0.2, 0) is 4.79 Å². The zero-order valence-corrected chi connectivity index (χ0v) is 14.2. The summed E-state index contributed by atoms with van der Waals surface area (Å²) in [5.74, 6) is 0.612. The van der Waals surface area contributed by atoms with E-state index < -0.39 is 5.91 Å². The van der Waals surface area contributed by atoms with Crippen LogP contribution in [-0.4, -0.2) is 12.7 Å². The molecule has 126 valence electrons. The van der Waals surface area contributed by atoms with Gasteiger partial charge in [-0.15, -0.1) is 0 Å². The molecule has 0 bridgehead atoms. The largest absolute Gasteiger partial charge is 0.454 e. The summed E-state index contributed by atoms with van der Waals surface area (Å²) in [7, 11) is 0. The number of ether oxygens (including phenoxy) is 2. The van der Waals surface area contributed by atoms with Gasteiger partial charge in [0.25, 0.3) is 5.91 Å². The molecule has 0 aliphatic carbocycles. The minimum absolute atomic E-state index is 0.0384. The van der Waals surface area contributed by atoms with Crippen molar-refractivity contribution in [1.29, 1.82) is 5.26 Å². The predicted octanol–water partition coefficient (Wildman–Crippen LogP) is 3.85. The molecule has 1 amide bonds. The van der Waals surface area contributed by atoms with Crippen molar-refractivity contribution < 1.29 is 14.3 Å². The predicted molar refractivity (Wildman–Crippen MR) is 94.2 cm³/mol. The number of benzene rings is 2. The summed E-state index contributed by atoms with van der Waals surface area (Å²) in [6.45, 7) is 1.98. The van der Waals surface area contributed by atoms with Crippen molar-refractivity contribution in [1.82, 2.24) is 5.32 Å². The van der Waals surface area contributed by atoms with Crippen LogP contribution < -0.4 is 14.8 Å². The van der Waals surface area contributed by atoms with Crippen LogP contribution in [0.1, 0.15) is 24.1 Å². The summed E-state index contributed by atoms with van der Waals surface area (Å²) in [6, 6.07) is 14.5. The third-order valence-corrected chi connectivity index (χ3v) is 4.13. The van der Waals surface area contributed by atoms with Crippen LogP contribution in [0.4, 0.5) is 0 Å². The highest BCUT2D eigenvalue weighted by atomic mass is 35.5. The smallest absolute Gasteiger partial charge is 0.262 e. The molecule has 0 spiro atoms. The number of nitrogens with one attached hydrogen (secondary N) is 1. The number of halogens is 1. The van der Waals surface area contributed by atoms with Gasteiger partial charge < -0.3 is 14.8 Å². The lowest BCUT2D eigenvalue weighted by Crippen LogP contribution is -2.27. The molecule has 1 atom stereocenters. The van der Waals surface area contributed by atoms with Gasteiger partial charge in [-0.05, 0) is 30.2 Å². The Morgan fingerprint density at radius 2 is 1.96 bits per heavy atom. The molecule has 5 nitrogen and oxygen atoms in total. The Bertz CT molecular complexity index is 872. The average Bonchev–Trinajstić information content (AvgIpc) is 3.07. The summed E-state index contributed by atoms with van der Waals surface area (Å²) < 4.78 is 10.5. The summed E-state index contributed by atoms with van der Waals surface area (Å²) in [6.07, 6.45) is 1.44. The first kappa shape index (κ1) is 16.9. The van der Waals surface area contributed by atoms with Crippen molar-refractivity contribution in [2.24, 2.45) is 0 Å². The van der Waals surface area contributed by atoms with Crippen molar-refractivity contribution in [3.8, 4) is 17.6 Å². The van der Waals surface area contributed by atoms with Crippen LogP contribution >= 0.6 is 11.6 Å². The zero-order valence-electron chi connectivity index (χ0n) is 13.5. The van der Waals surface area contributed by atoms with Gasteiger partial charge in [0.05, 0.1) is 11.1 Å². The number of amides is 1. The van der Waals surface area contributed by atoms with Crippen molar-refractivity contribution in [3.05, 3.63) is 64.2 Å². The van der Waals surface area contributed by atoms with E-state index in [-0.39, 0.29) is 18.4 Å². The highest BCUT2D eigenvalue weighted by Crippen LogP contribution is 2.37. The average molecular weight is 355 g/mol. The SMILES string of the molecule is C[C@@H](NC(=O)/C(C#N)=C/c1cc2c(cc1Cl)OCO2)c1ccccc1. The van der Waals surface area contributed by atoms with Crippen LogP contribution in [0.2, 0.25) is 5.02 Å². The van der Waals surface area contributed by atoms with Crippen molar-refractivity contribution >= 4 is 23.6 Å². The molecule has 2 aromatic rings. The van der Waals surface area contributed by atoms with Crippen molar-refractivity contribution in [2.75, 3.05) is 6.79 Å². The normalized spacial score (nSPS) is 13.9. The molecule has 0 saturated heterocycles. The molecule has 25 heavy (non-hydrogen) atoms. The molecule has 0 saturated carbocycles. The molecular weight excluding hydrogens is 340 g/mol. The highest BCUT2D eigenvalue weighted by molar-refractivity contribution is 6.32. The van der Waals surface area contributed by atoms with Gasteiger partial charge in [0, 0.05) is 6.07 Å². The van der Waals surface area contributed by atoms with E-state index in [1.165, 1.54) is 6.08 Å². The van der Waals surface area contributed by atoms with Crippen LogP contribution in [0.3, 0.4) is 0 Å². The highest BCUT2D eigenvalue weighted by Gasteiger charge is 2.18. The number of hydrogen-bond donors (Lipinski definition) is 1. The maximum Gasteiger partial charge on any atom is 0.262 e. The van der Waals surface area contributed by atoms with Crippen molar-refractivity contribution in [3.63, 3.8) is 0 Å². The van der Waals surface area contributed by atoms with E-state index in [4.69, 9.17) is 21.1 Å². The summed E-state index contributed by atoms with van der Waals surface area (Å²) in [4.78, 5) is 12.4. The molecular formula is C19H15ClN2O3. The molecule has 1 heterocycles. The standard InChI is InChI=1S/C19H15ClN2O3/c1-12(13-5-3-2-4-6-13)22-19(23)15(10-21)7-14-8-17-18(9-16(14)20)25-11-24-17/h2-9,12H,11H2,1H3,(H,22,23)/b15-7+/t12-/m1/s1. The maximum atomic E-state index is 12.4. The van der Waals surface area contributed by atoms with E-state index in [0.29, 0.717) is 22.1 Å². The molecule has 3 rings (SSSR count). The fourth-order valence-electron chi connectivity index (χ4n) is 2.45. The number of hydrogen-bond acceptors (Lipinski definition) is 4. The minimum Gasteiger partial charge on any atom is -0.454 e. The molecule has 6 heteroatoms. The lowest BCUT2D eigenvalue weighted by atomic mass is 10.1. The fraction of sp³-hybridized carbons (Fsp3) is 0.158. The zero-order chi connectivity index (χ0) is 17.8. The van der Waals surface area contributed by atoms with E-state index >= 15 is 0 Å². The van der Waals surface area contributed by atoms with Gasteiger partial charge in [-0.1, -0.05) is 41.9 Å². The second-order valence-electron chi connectivity index (χ2n) is 5.50. The summed E-state index contributed by atoms with van der Waals surface area (Å²) in [5, 5.41) is 12.5. The quantitative estimate of drug-likeness (QED) is 0.668. The molecule has 0 aromatic heterocycles. The molecule has 2 aromatic carbocycles. The van der Waals surface area contributed by atoms with Gasteiger partial charge >= 0.3 is 0 Å². The number of carbonyl (C=O) groups is 1. The first-order valence-electron chi connectivity index (χ1n) is 7.65. The Hall–Kier alpha value is -2.97. The molecule has 0 fully saturated rings. The number of nitrogens with zero attached hydrogens (tertiary/aromatic N) is 1. The summed E-state index contributed by atoms with van der Waals surface area (Å²) in [5.41, 5.74) is 1.43. The van der Waals surface area contributed by atoms with E-state index in [1.807, 2.05) is 43.3 Å². The minimum atomic E-state index is -0.465. The van der Waals surface area contributed by atoms with Gasteiger partial charge in [-0.25, -0.2) is 0 Å². The Morgan fingerprint density at radius 3 is 2.64 bits per heavy atom. The first-order chi connectivity index (χ1) is 12.1. The molecule has 1 N–H and O–H groups in total. The first-order valence-corrected chi connectivity index (χ1v) is 8.03. The van der Waals surface area contributed by atoms with Gasteiger partial charge in [-0.2, -0.15) is 5.26 Å². The van der Waals surface area contributed by atoms with Crippen molar-refractivity contribution in [2.45, 2.75) is 13.0 Å². The van der Waals surface area contributed by atoms with E-state index in [2.05, 4.69) is 5.32 Å². The summed E-state index contributed by atoms with van der Waals surface area (Å²) >= 11 is 6.19. The van der Waals surface area contributed by atoms with Crippen LogP contribution in [0.15, 0.2) is 48.0 Å². The second kappa shape index (κ2) is 7.29. The van der Waals surface area contributed by atoms with Gasteiger partial charge in [-0.3, -0.25) is 4.79 Å². The van der Waals surface area contributed by atoms with Crippen LogP contribution in [0.25, 0.3) is 6.08 Å². The maximum absolute atomic E-state index is 12.4. The third kappa shape index (κ3) is 3.76. The van der Waals surface area contributed by atoms with Crippen LogP contribution in [0, 0.1) is 11.3 Å². The lowest BCUT2D eigenvalue weighted by molar-refractivity contribution is -0.117. The third-order valence-electron chi connectivity index (χ3n) is 3.80. The number of nitriles is 1. The van der Waals surface area contributed by atoms with Gasteiger partial charge in [0.1, 0.15) is 11.6 Å². The monoisotopic (exact) mass is 354 g/mol. The Morgan fingerprint density at radius 1 is 1.28 bits per heavy atom. The molecule has 0 unspecified atom stereocenters. The molecule has 0 radical (unpaired) electrons. The van der Waals surface area contributed by atoms with Crippen LogP contribution in [0.5, 0.6) is 11.5 Å². The fourth-order valence-corrected chi connectivity index (χ4v) is 2.66. The van der Waals surface area contributed by atoms with Gasteiger partial charge in [0.15, 0.2) is 11.5 Å².